The molecule has 1 amide bonds. The van der Waals surface area contributed by atoms with Gasteiger partial charge in [0, 0.05) is 19.5 Å². The first-order valence-corrected chi connectivity index (χ1v) is 9.58. The highest BCUT2D eigenvalue weighted by Gasteiger charge is 2.28. The smallest absolute Gasteiger partial charge is 0.303 e. The lowest BCUT2D eigenvalue weighted by Gasteiger charge is -2.33. The summed E-state index contributed by atoms with van der Waals surface area (Å²) in [6.07, 6.45) is 2.55. The summed E-state index contributed by atoms with van der Waals surface area (Å²) in [4.78, 5) is 25.7. The maximum Gasteiger partial charge on any atom is 0.303 e. The normalized spacial score (nSPS) is 17.8. The second-order valence-electron chi connectivity index (χ2n) is 8.01. The molecule has 5 heteroatoms. The van der Waals surface area contributed by atoms with E-state index in [0.29, 0.717) is 25.1 Å². The number of phenolic OH excluding ortho intramolecular Hbond substituents is 1. The second kappa shape index (κ2) is 8.56. The molecule has 0 spiro atoms. The molecule has 1 atom stereocenters. The molecule has 5 nitrogen and oxygen atoms in total. The lowest BCUT2D eigenvalue weighted by molar-refractivity contribution is -0.137. The molecule has 1 aromatic rings. The van der Waals surface area contributed by atoms with Crippen molar-refractivity contribution in [3.63, 3.8) is 0 Å². The number of phenols is 1. The van der Waals surface area contributed by atoms with Crippen molar-refractivity contribution in [1.82, 2.24) is 4.90 Å². The standard InChI is InChI=1S/C21H31NO4/c1-13(2)16-10-17(14(3)4)20(25)18(11-16)21(26)22-9-5-6-15(12-22)7-8-19(23)24/h10-11,13-15,25H,5-9,12H2,1-4H3,(H,23,24). The zero-order valence-electron chi connectivity index (χ0n) is 16.3. The molecule has 26 heavy (non-hydrogen) atoms. The van der Waals surface area contributed by atoms with Crippen LogP contribution in [0, 0.1) is 5.92 Å². The Bertz CT molecular complexity index is 666. The Kier molecular flexibility index (Phi) is 6.68. The van der Waals surface area contributed by atoms with Gasteiger partial charge in [0.2, 0.25) is 0 Å². The van der Waals surface area contributed by atoms with E-state index < -0.39 is 5.97 Å². The number of carboxylic acid groups (broad SMARTS) is 1. The zero-order chi connectivity index (χ0) is 19.4. The van der Waals surface area contributed by atoms with Crippen LogP contribution in [0.15, 0.2) is 12.1 Å². The number of rotatable bonds is 6. The predicted molar refractivity (Wildman–Crippen MR) is 102 cm³/mol. The molecule has 0 aromatic heterocycles. The van der Waals surface area contributed by atoms with E-state index in [0.717, 1.165) is 24.0 Å². The highest BCUT2D eigenvalue weighted by molar-refractivity contribution is 5.97. The topological polar surface area (TPSA) is 77.8 Å². The predicted octanol–water partition coefficient (Wildman–Crippen LogP) is 4.36. The number of carbonyl (C=O) groups excluding carboxylic acids is 1. The molecule has 2 N–H and O–H groups in total. The summed E-state index contributed by atoms with van der Waals surface area (Å²) in [5.41, 5.74) is 2.23. The van der Waals surface area contributed by atoms with Crippen molar-refractivity contribution in [2.75, 3.05) is 13.1 Å². The average molecular weight is 361 g/mol. The maximum atomic E-state index is 13.1. The summed E-state index contributed by atoms with van der Waals surface area (Å²) in [6, 6.07) is 3.81. The SMILES string of the molecule is CC(C)c1cc(C(=O)N2CCCC(CCC(=O)O)C2)c(O)c(C(C)C)c1. The Labute approximate surface area is 156 Å². The van der Waals surface area contributed by atoms with Crippen LogP contribution in [0.2, 0.25) is 0 Å². The Morgan fingerprint density at radius 2 is 1.88 bits per heavy atom. The average Bonchev–Trinajstić information content (AvgIpc) is 2.59. The van der Waals surface area contributed by atoms with Crippen LogP contribution in [0.25, 0.3) is 0 Å². The monoisotopic (exact) mass is 361 g/mol. The first kappa shape index (κ1) is 20.3. The third-order valence-electron chi connectivity index (χ3n) is 5.25. The molecule has 1 aliphatic heterocycles. The molecule has 1 unspecified atom stereocenters. The lowest BCUT2D eigenvalue weighted by Crippen LogP contribution is -2.40. The largest absolute Gasteiger partial charge is 0.507 e. The van der Waals surface area contributed by atoms with Gasteiger partial charge >= 0.3 is 5.97 Å². The number of piperidine rings is 1. The van der Waals surface area contributed by atoms with Gasteiger partial charge in [-0.3, -0.25) is 9.59 Å². The molecular formula is C21H31NO4. The minimum absolute atomic E-state index is 0.0852. The molecule has 1 aromatic carbocycles. The number of hydrogen-bond donors (Lipinski definition) is 2. The molecule has 0 bridgehead atoms. The first-order chi connectivity index (χ1) is 12.2. The fourth-order valence-corrected chi connectivity index (χ4v) is 3.60. The highest BCUT2D eigenvalue weighted by Crippen LogP contribution is 2.34. The van der Waals surface area contributed by atoms with Crippen LogP contribution in [0.1, 0.15) is 86.7 Å². The summed E-state index contributed by atoms with van der Waals surface area (Å²) in [7, 11) is 0. The summed E-state index contributed by atoms with van der Waals surface area (Å²) < 4.78 is 0. The van der Waals surface area contributed by atoms with Crippen LogP contribution in [-0.4, -0.2) is 40.1 Å². The molecule has 2 rings (SSSR count). The number of hydrogen-bond acceptors (Lipinski definition) is 3. The van der Waals surface area contributed by atoms with Crippen LogP contribution in [0.3, 0.4) is 0 Å². The Hall–Kier alpha value is -2.04. The molecule has 144 valence electrons. The van der Waals surface area contributed by atoms with Crippen molar-refractivity contribution < 1.29 is 19.8 Å². The van der Waals surface area contributed by atoms with E-state index in [1.165, 1.54) is 0 Å². The van der Waals surface area contributed by atoms with E-state index in [9.17, 15) is 14.7 Å². The van der Waals surface area contributed by atoms with Crippen LogP contribution in [0.5, 0.6) is 5.75 Å². The fraction of sp³-hybridized carbons (Fsp3) is 0.619. The molecule has 1 heterocycles. The number of aliphatic carboxylic acids is 1. The molecule has 1 aliphatic rings. The minimum atomic E-state index is -0.794. The Morgan fingerprint density at radius 3 is 2.46 bits per heavy atom. The molecule has 1 fully saturated rings. The third kappa shape index (κ3) is 4.77. The fourth-order valence-electron chi connectivity index (χ4n) is 3.60. The van der Waals surface area contributed by atoms with E-state index in [4.69, 9.17) is 5.11 Å². The molecule has 1 saturated heterocycles. The summed E-state index contributed by atoms with van der Waals surface area (Å²) in [6.45, 7) is 9.40. The van der Waals surface area contributed by atoms with Crippen molar-refractivity contribution in [2.24, 2.45) is 5.92 Å². The molecule has 0 aliphatic carbocycles. The van der Waals surface area contributed by atoms with Crippen molar-refractivity contribution >= 4 is 11.9 Å². The van der Waals surface area contributed by atoms with Crippen LogP contribution >= 0.6 is 0 Å². The van der Waals surface area contributed by atoms with Gasteiger partial charge in [-0.1, -0.05) is 33.8 Å². The van der Waals surface area contributed by atoms with Crippen molar-refractivity contribution in [3.05, 3.63) is 28.8 Å². The number of carbonyl (C=O) groups is 2. The third-order valence-corrected chi connectivity index (χ3v) is 5.25. The zero-order valence-corrected chi connectivity index (χ0v) is 16.3. The molecular weight excluding hydrogens is 330 g/mol. The van der Waals surface area contributed by atoms with E-state index in [1.807, 2.05) is 26.0 Å². The minimum Gasteiger partial charge on any atom is -0.507 e. The van der Waals surface area contributed by atoms with Gasteiger partial charge in [0.25, 0.3) is 5.91 Å². The summed E-state index contributed by atoms with van der Waals surface area (Å²) in [5, 5.41) is 19.6. The van der Waals surface area contributed by atoms with Gasteiger partial charge in [-0.25, -0.2) is 0 Å². The van der Waals surface area contributed by atoms with Crippen LogP contribution < -0.4 is 0 Å². The summed E-state index contributed by atoms with van der Waals surface area (Å²) in [5.74, 6) is -0.246. The van der Waals surface area contributed by atoms with E-state index in [2.05, 4.69) is 13.8 Å². The van der Waals surface area contributed by atoms with E-state index in [-0.39, 0.29) is 35.8 Å². The van der Waals surface area contributed by atoms with Gasteiger partial charge in [0.05, 0.1) is 5.56 Å². The number of amides is 1. The second-order valence-corrected chi connectivity index (χ2v) is 8.01. The van der Waals surface area contributed by atoms with Crippen molar-refractivity contribution in [2.45, 2.75) is 65.2 Å². The number of nitrogens with zero attached hydrogens (tertiary/aromatic N) is 1. The number of aromatic hydroxyl groups is 1. The Balaban J connectivity index is 2.26. The van der Waals surface area contributed by atoms with E-state index >= 15 is 0 Å². The van der Waals surface area contributed by atoms with Gasteiger partial charge in [0.15, 0.2) is 0 Å². The number of benzene rings is 1. The quantitative estimate of drug-likeness (QED) is 0.789. The number of likely N-dealkylation sites (tertiary alicyclic amines) is 1. The van der Waals surface area contributed by atoms with Crippen LogP contribution in [0.4, 0.5) is 0 Å². The Morgan fingerprint density at radius 1 is 1.19 bits per heavy atom. The lowest BCUT2D eigenvalue weighted by atomic mass is 9.90. The van der Waals surface area contributed by atoms with Gasteiger partial charge in [-0.2, -0.15) is 0 Å². The van der Waals surface area contributed by atoms with Gasteiger partial charge in [0.1, 0.15) is 5.75 Å². The summed E-state index contributed by atoms with van der Waals surface area (Å²) >= 11 is 0. The van der Waals surface area contributed by atoms with E-state index in [1.54, 1.807) is 4.90 Å². The maximum absolute atomic E-state index is 13.1. The molecule has 0 saturated carbocycles. The van der Waals surface area contributed by atoms with Crippen molar-refractivity contribution in [3.8, 4) is 5.75 Å². The molecule has 0 radical (unpaired) electrons. The first-order valence-electron chi connectivity index (χ1n) is 9.58. The van der Waals surface area contributed by atoms with Gasteiger partial charge < -0.3 is 15.1 Å². The number of carboxylic acids is 1. The van der Waals surface area contributed by atoms with Crippen LogP contribution in [-0.2, 0) is 4.79 Å². The van der Waals surface area contributed by atoms with Gasteiger partial charge in [-0.15, -0.1) is 0 Å². The van der Waals surface area contributed by atoms with Crippen molar-refractivity contribution in [1.29, 1.82) is 0 Å². The highest BCUT2D eigenvalue weighted by atomic mass is 16.4. The van der Waals surface area contributed by atoms with Gasteiger partial charge in [-0.05, 0) is 54.2 Å².